The Kier molecular flexibility index (Phi) is 5.75. The monoisotopic (exact) mass is 455 g/mol. The predicted molar refractivity (Wildman–Crippen MR) is 124 cm³/mol. The molecule has 2 heterocycles. The summed E-state index contributed by atoms with van der Waals surface area (Å²) < 4.78 is 7.05. The van der Waals surface area contributed by atoms with Crippen LogP contribution in [-0.2, 0) is 4.74 Å². The summed E-state index contributed by atoms with van der Waals surface area (Å²) in [6.07, 6.45) is 2.83. The number of nitrogens with zero attached hydrogens (tertiary/aromatic N) is 4. The second-order valence-corrected chi connectivity index (χ2v) is 7.76. The van der Waals surface area contributed by atoms with Crippen LogP contribution in [0.3, 0.4) is 0 Å². The summed E-state index contributed by atoms with van der Waals surface area (Å²) in [6.45, 7) is 0.421. The topological polar surface area (TPSA) is 81.9 Å². The molecule has 0 bridgehead atoms. The van der Waals surface area contributed by atoms with Crippen molar-refractivity contribution < 1.29 is 9.53 Å². The summed E-state index contributed by atoms with van der Waals surface area (Å²) in [5.41, 5.74) is 5.42. The van der Waals surface area contributed by atoms with Crippen LogP contribution in [0, 0.1) is 11.8 Å². The first-order valence-corrected chi connectivity index (χ1v) is 10.7. The van der Waals surface area contributed by atoms with Crippen molar-refractivity contribution in [1.82, 2.24) is 25.3 Å². The molecule has 2 aromatic heterocycles. The van der Waals surface area contributed by atoms with Gasteiger partial charge in [0.25, 0.3) is 0 Å². The van der Waals surface area contributed by atoms with Crippen molar-refractivity contribution in [3.05, 3.63) is 94.9 Å². The van der Waals surface area contributed by atoms with Gasteiger partial charge >= 0.3 is 6.09 Å². The molecule has 0 radical (unpaired) electrons. The van der Waals surface area contributed by atoms with Gasteiger partial charge < -0.3 is 10.1 Å². The molecule has 33 heavy (non-hydrogen) atoms. The average Bonchev–Trinajstić information content (AvgIpc) is 3.44. The first-order valence-electron chi connectivity index (χ1n) is 10.3. The van der Waals surface area contributed by atoms with Gasteiger partial charge in [0.1, 0.15) is 6.61 Å². The van der Waals surface area contributed by atoms with E-state index in [0.29, 0.717) is 16.5 Å². The number of carbonyl (C=O) groups excluding carboxylic acids is 1. The molecule has 0 saturated heterocycles. The molecule has 0 fully saturated rings. The normalized spacial score (nSPS) is 11.8. The molecule has 1 aliphatic rings. The predicted octanol–water partition coefficient (Wildman–Crippen LogP) is 4.21. The van der Waals surface area contributed by atoms with Gasteiger partial charge in [-0.1, -0.05) is 72.0 Å². The second kappa shape index (κ2) is 9.15. The lowest BCUT2D eigenvalue weighted by Gasteiger charge is -2.14. The molecule has 1 aliphatic carbocycles. The zero-order valence-corrected chi connectivity index (χ0v) is 18.2. The van der Waals surface area contributed by atoms with Gasteiger partial charge in [0, 0.05) is 12.1 Å². The summed E-state index contributed by atoms with van der Waals surface area (Å²) in [7, 11) is 0. The van der Waals surface area contributed by atoms with E-state index in [1.54, 1.807) is 29.2 Å². The molecule has 7 nitrogen and oxygen atoms in total. The van der Waals surface area contributed by atoms with E-state index >= 15 is 0 Å². The van der Waals surface area contributed by atoms with Crippen LogP contribution in [0.15, 0.2) is 73.1 Å². The molecule has 5 rings (SSSR count). The summed E-state index contributed by atoms with van der Waals surface area (Å²) in [5.74, 6) is 6.40. The Morgan fingerprint density at radius 3 is 2.45 bits per heavy atom. The molecule has 162 valence electrons. The van der Waals surface area contributed by atoms with Crippen LogP contribution in [-0.4, -0.2) is 39.2 Å². The van der Waals surface area contributed by atoms with E-state index in [-0.39, 0.29) is 19.1 Å². The number of hydrogen-bond donors (Lipinski definition) is 1. The highest BCUT2D eigenvalue weighted by molar-refractivity contribution is 6.29. The molecule has 2 aromatic carbocycles. The minimum absolute atomic E-state index is 0.0241. The zero-order valence-electron chi connectivity index (χ0n) is 17.4. The van der Waals surface area contributed by atoms with Crippen LogP contribution in [0.1, 0.15) is 22.6 Å². The summed E-state index contributed by atoms with van der Waals surface area (Å²) in [4.78, 5) is 12.2. The first-order chi connectivity index (χ1) is 16.2. The fourth-order valence-electron chi connectivity index (χ4n) is 3.86. The lowest BCUT2D eigenvalue weighted by Crippen LogP contribution is -2.26. The van der Waals surface area contributed by atoms with E-state index in [0.717, 1.165) is 0 Å². The van der Waals surface area contributed by atoms with Gasteiger partial charge in [-0.15, -0.1) is 10.2 Å². The van der Waals surface area contributed by atoms with Crippen molar-refractivity contribution in [2.45, 2.75) is 5.92 Å². The Labute approximate surface area is 195 Å². The lowest BCUT2D eigenvalue weighted by molar-refractivity contribution is 0.144. The van der Waals surface area contributed by atoms with E-state index < -0.39 is 6.09 Å². The van der Waals surface area contributed by atoms with Crippen LogP contribution < -0.4 is 5.32 Å². The summed E-state index contributed by atoms with van der Waals surface area (Å²) in [5, 5.41) is 14.9. The van der Waals surface area contributed by atoms with E-state index in [9.17, 15) is 4.79 Å². The van der Waals surface area contributed by atoms with E-state index in [1.165, 1.54) is 22.3 Å². The molecule has 0 spiro atoms. The molecule has 4 aromatic rings. The van der Waals surface area contributed by atoms with Gasteiger partial charge in [0.05, 0.1) is 18.3 Å². The largest absolute Gasteiger partial charge is 0.449 e. The van der Waals surface area contributed by atoms with E-state index in [4.69, 9.17) is 16.3 Å². The molecule has 1 amide bonds. The molecular formula is C25H18ClN5O2. The van der Waals surface area contributed by atoms with Gasteiger partial charge in [0.15, 0.2) is 11.0 Å². The summed E-state index contributed by atoms with van der Waals surface area (Å²) in [6, 6.07) is 19.8. The van der Waals surface area contributed by atoms with Gasteiger partial charge in [-0.2, -0.15) is 5.10 Å². The molecule has 0 atom stereocenters. The maximum absolute atomic E-state index is 12.2. The third-order valence-corrected chi connectivity index (χ3v) is 5.53. The highest BCUT2D eigenvalue weighted by atomic mass is 35.5. The number of carbonyl (C=O) groups is 1. The Bertz CT molecular complexity index is 1330. The van der Waals surface area contributed by atoms with Crippen molar-refractivity contribution in [1.29, 1.82) is 0 Å². The SMILES string of the molecule is O=C(NCC#Cc1cnn(-c2ccc(Cl)nn2)c1)OCC1c2ccccc2-c2ccccc21. The van der Waals surface area contributed by atoms with Crippen molar-refractivity contribution in [2.24, 2.45) is 0 Å². The van der Waals surface area contributed by atoms with Crippen LogP contribution in [0.25, 0.3) is 16.9 Å². The first kappa shape index (κ1) is 20.7. The maximum Gasteiger partial charge on any atom is 0.407 e. The van der Waals surface area contributed by atoms with E-state index in [1.807, 2.05) is 24.3 Å². The lowest BCUT2D eigenvalue weighted by atomic mass is 9.98. The third kappa shape index (κ3) is 4.43. The van der Waals surface area contributed by atoms with Crippen LogP contribution in [0.4, 0.5) is 4.79 Å². The van der Waals surface area contributed by atoms with Crippen molar-refractivity contribution in [3.63, 3.8) is 0 Å². The van der Waals surface area contributed by atoms with Crippen LogP contribution in [0.5, 0.6) is 0 Å². The van der Waals surface area contributed by atoms with Gasteiger partial charge in [-0.25, -0.2) is 9.48 Å². The molecule has 0 aliphatic heterocycles. The Morgan fingerprint density at radius 1 is 1.03 bits per heavy atom. The smallest absolute Gasteiger partial charge is 0.407 e. The minimum atomic E-state index is -0.502. The number of amides is 1. The van der Waals surface area contributed by atoms with Crippen molar-refractivity contribution >= 4 is 17.7 Å². The molecule has 0 saturated carbocycles. The number of benzene rings is 2. The number of fused-ring (bicyclic) bond motifs is 3. The second-order valence-electron chi connectivity index (χ2n) is 7.37. The number of alkyl carbamates (subject to hydrolysis) is 1. The number of rotatable bonds is 4. The van der Waals surface area contributed by atoms with Crippen LogP contribution >= 0.6 is 11.6 Å². The zero-order chi connectivity index (χ0) is 22.6. The highest BCUT2D eigenvalue weighted by Crippen LogP contribution is 2.44. The Morgan fingerprint density at radius 2 is 1.76 bits per heavy atom. The number of ether oxygens (including phenoxy) is 1. The van der Waals surface area contributed by atoms with Gasteiger partial charge in [0.2, 0.25) is 0 Å². The fraction of sp³-hybridized carbons (Fsp3) is 0.120. The van der Waals surface area contributed by atoms with Crippen molar-refractivity contribution in [2.75, 3.05) is 13.2 Å². The molecule has 1 N–H and O–H groups in total. The average molecular weight is 456 g/mol. The van der Waals surface area contributed by atoms with E-state index in [2.05, 4.69) is 56.7 Å². The third-order valence-electron chi connectivity index (χ3n) is 5.33. The van der Waals surface area contributed by atoms with Crippen LogP contribution in [0.2, 0.25) is 5.15 Å². The highest BCUT2D eigenvalue weighted by Gasteiger charge is 2.28. The fourth-order valence-corrected chi connectivity index (χ4v) is 3.96. The summed E-state index contributed by atoms with van der Waals surface area (Å²) >= 11 is 5.75. The number of aromatic nitrogens is 4. The number of hydrogen-bond acceptors (Lipinski definition) is 5. The Hall–Kier alpha value is -4.15. The maximum atomic E-state index is 12.2. The number of halogens is 1. The minimum Gasteiger partial charge on any atom is -0.449 e. The molecule has 8 heteroatoms. The molecular weight excluding hydrogens is 438 g/mol. The number of nitrogens with one attached hydrogen (secondary N) is 1. The standard InChI is InChI=1S/C25H18ClN5O2/c26-23-11-12-24(30-29-23)31-15-17(14-28-31)6-5-13-27-25(32)33-16-22-20-9-3-1-7-18(20)19-8-2-4-10-21(19)22/h1-4,7-12,14-15,22H,13,16H2,(H,27,32). The molecule has 0 unspecified atom stereocenters. The van der Waals surface area contributed by atoms with Crippen molar-refractivity contribution in [3.8, 4) is 28.8 Å². The van der Waals surface area contributed by atoms with Gasteiger partial charge in [-0.05, 0) is 34.4 Å². The Balaban J connectivity index is 1.15. The van der Waals surface area contributed by atoms with Gasteiger partial charge in [-0.3, -0.25) is 0 Å². The quantitative estimate of drug-likeness (QED) is 0.466.